The Morgan fingerprint density at radius 1 is 0.537 bits per heavy atom. The Kier molecular flexibility index (Phi) is 13.2. The molecule has 2 aliphatic rings. The van der Waals surface area contributed by atoms with Crippen LogP contribution in [0, 0.1) is 11.8 Å². The Morgan fingerprint density at radius 2 is 0.878 bits per heavy atom. The summed E-state index contributed by atoms with van der Waals surface area (Å²) in [6.45, 7) is -2.69. The molecule has 4 N–H and O–H groups in total. The number of hydrogen-bond donors (Lipinski definition) is 4. The quantitative estimate of drug-likeness (QED) is 0.118. The summed E-state index contributed by atoms with van der Waals surface area (Å²) < 4.78 is 173. The molecule has 0 saturated carbocycles. The standard InChI is InChI=1S/C16H30O21S4/c1-29-3-9-5-33-12(16(37-41(26,27)28)13(9)34-38(17,18)19)8-31-4-10-6-32-11(7-30-2)15(36-40(23,24)25)14(10)35-39(20,21)22/h9-16H,3-8H2,1-2H3,(H,17,18,19)(H,20,21,22)(H,23,24,25)(H,26,27,28)/t9-,10-,11+,12+,13-,14-,15?,16?/m1/s1. The van der Waals surface area contributed by atoms with Crippen LogP contribution in [0.3, 0.4) is 0 Å². The second kappa shape index (κ2) is 14.8. The molecule has 2 rings (SSSR count). The van der Waals surface area contributed by atoms with Gasteiger partial charge in [-0.15, -0.1) is 0 Å². The van der Waals surface area contributed by atoms with Gasteiger partial charge in [0.2, 0.25) is 0 Å². The summed E-state index contributed by atoms with van der Waals surface area (Å²) in [5.74, 6) is -2.30. The Bertz CT molecular complexity index is 1170. The molecule has 2 saturated heterocycles. The maximum Gasteiger partial charge on any atom is 0.397 e. The van der Waals surface area contributed by atoms with E-state index < -0.39 is 110 Å². The third-order valence-electron chi connectivity index (χ3n) is 5.62. The number of rotatable bonds is 16. The van der Waals surface area contributed by atoms with Gasteiger partial charge in [-0.05, 0) is 0 Å². The predicted octanol–water partition coefficient (Wildman–Crippen LogP) is -2.92. The zero-order valence-corrected chi connectivity index (χ0v) is 24.5. The molecule has 0 amide bonds. The highest BCUT2D eigenvalue weighted by atomic mass is 32.3. The number of ether oxygens (including phenoxy) is 5. The summed E-state index contributed by atoms with van der Waals surface area (Å²) >= 11 is 0. The third-order valence-corrected chi connectivity index (χ3v) is 7.48. The van der Waals surface area contributed by atoms with Crippen LogP contribution < -0.4 is 0 Å². The Morgan fingerprint density at radius 3 is 1.24 bits per heavy atom. The molecular formula is C16H30O21S4. The summed E-state index contributed by atoms with van der Waals surface area (Å²) in [5, 5.41) is 0. The van der Waals surface area contributed by atoms with E-state index in [2.05, 4.69) is 16.7 Å². The fourth-order valence-corrected chi connectivity index (χ4v) is 6.30. The van der Waals surface area contributed by atoms with Crippen LogP contribution >= 0.6 is 0 Å². The van der Waals surface area contributed by atoms with E-state index in [0.717, 1.165) is 0 Å². The molecule has 41 heavy (non-hydrogen) atoms. The van der Waals surface area contributed by atoms with Crippen LogP contribution in [0.15, 0.2) is 0 Å². The van der Waals surface area contributed by atoms with Crippen molar-refractivity contribution in [3.63, 3.8) is 0 Å². The van der Waals surface area contributed by atoms with Crippen LogP contribution in [0.25, 0.3) is 0 Å². The molecule has 0 aromatic carbocycles. The van der Waals surface area contributed by atoms with E-state index in [1.54, 1.807) is 0 Å². The molecule has 2 aliphatic heterocycles. The van der Waals surface area contributed by atoms with Gasteiger partial charge in [0.1, 0.15) is 36.6 Å². The minimum absolute atomic E-state index is 0.273. The summed E-state index contributed by atoms with van der Waals surface area (Å²) in [6, 6.07) is 0. The second-order valence-corrected chi connectivity index (χ2v) is 12.9. The lowest BCUT2D eigenvalue weighted by molar-refractivity contribution is -0.189. The first-order chi connectivity index (χ1) is 18.7. The van der Waals surface area contributed by atoms with Crippen LogP contribution in [0.1, 0.15) is 0 Å². The van der Waals surface area contributed by atoms with Crippen molar-refractivity contribution in [1.29, 1.82) is 0 Å². The van der Waals surface area contributed by atoms with E-state index in [9.17, 15) is 47.3 Å². The van der Waals surface area contributed by atoms with E-state index in [4.69, 9.17) is 28.2 Å². The summed E-state index contributed by atoms with van der Waals surface area (Å²) in [6.07, 6.45) is -10.3. The van der Waals surface area contributed by atoms with Crippen molar-refractivity contribution in [3.8, 4) is 0 Å². The smallest absolute Gasteiger partial charge is 0.384 e. The first-order valence-corrected chi connectivity index (χ1v) is 16.6. The van der Waals surface area contributed by atoms with Crippen molar-refractivity contribution in [2.75, 3.05) is 53.9 Å². The minimum atomic E-state index is -5.27. The van der Waals surface area contributed by atoms with Gasteiger partial charge in [0.25, 0.3) is 0 Å². The summed E-state index contributed by atoms with van der Waals surface area (Å²) in [5.41, 5.74) is 0. The van der Waals surface area contributed by atoms with Gasteiger partial charge in [-0.1, -0.05) is 0 Å². The lowest BCUT2D eigenvalue weighted by atomic mass is 9.92. The van der Waals surface area contributed by atoms with Crippen LogP contribution in [0.4, 0.5) is 0 Å². The molecule has 8 atom stereocenters. The van der Waals surface area contributed by atoms with Crippen molar-refractivity contribution in [3.05, 3.63) is 0 Å². The van der Waals surface area contributed by atoms with Crippen LogP contribution in [-0.2, 0) is 82.0 Å². The fraction of sp³-hybridized carbons (Fsp3) is 1.00. The number of hydrogen-bond acceptors (Lipinski definition) is 17. The third kappa shape index (κ3) is 12.8. The van der Waals surface area contributed by atoms with Crippen molar-refractivity contribution >= 4 is 41.6 Å². The summed E-state index contributed by atoms with van der Waals surface area (Å²) in [7, 11) is -18.5. The topological polar surface area (TPSA) is 301 Å². The van der Waals surface area contributed by atoms with Gasteiger partial charge in [0.05, 0.1) is 39.6 Å². The monoisotopic (exact) mass is 686 g/mol. The zero-order chi connectivity index (χ0) is 31.2. The highest BCUT2D eigenvalue weighted by Gasteiger charge is 2.49. The van der Waals surface area contributed by atoms with E-state index >= 15 is 0 Å². The molecule has 2 unspecified atom stereocenters. The molecule has 0 bridgehead atoms. The van der Waals surface area contributed by atoms with Crippen LogP contribution in [0.2, 0.25) is 0 Å². The van der Waals surface area contributed by atoms with Gasteiger partial charge in [0.15, 0.2) is 0 Å². The molecule has 2 heterocycles. The van der Waals surface area contributed by atoms with E-state index in [-0.39, 0.29) is 19.8 Å². The molecular weight excluding hydrogens is 656 g/mol. The lowest BCUT2D eigenvalue weighted by Crippen LogP contribution is -2.57. The van der Waals surface area contributed by atoms with Gasteiger partial charge >= 0.3 is 41.6 Å². The maximum absolute atomic E-state index is 11.5. The largest absolute Gasteiger partial charge is 0.397 e. The van der Waals surface area contributed by atoms with Crippen LogP contribution in [0.5, 0.6) is 0 Å². The molecule has 0 spiro atoms. The van der Waals surface area contributed by atoms with Crippen molar-refractivity contribution < 1.29 is 92.3 Å². The van der Waals surface area contributed by atoms with Gasteiger partial charge in [0, 0.05) is 26.1 Å². The Labute approximate surface area is 236 Å². The summed E-state index contributed by atoms with van der Waals surface area (Å²) in [4.78, 5) is 0. The average molecular weight is 687 g/mol. The first-order valence-electron chi connectivity index (χ1n) is 11.1. The van der Waals surface area contributed by atoms with E-state index in [0.29, 0.717) is 0 Å². The van der Waals surface area contributed by atoms with Crippen molar-refractivity contribution in [2.45, 2.75) is 36.6 Å². The molecule has 0 aromatic rings. The Balaban J connectivity index is 2.28. The minimum Gasteiger partial charge on any atom is -0.384 e. The van der Waals surface area contributed by atoms with E-state index in [1.807, 2.05) is 0 Å². The molecule has 0 aliphatic carbocycles. The molecule has 25 heteroatoms. The van der Waals surface area contributed by atoms with Crippen LogP contribution in [-0.4, -0.2) is 142 Å². The normalized spacial score (nSPS) is 32.1. The van der Waals surface area contributed by atoms with Crippen molar-refractivity contribution in [2.24, 2.45) is 11.8 Å². The maximum atomic E-state index is 11.5. The molecule has 0 aromatic heterocycles. The Hall–Kier alpha value is -0.720. The van der Waals surface area contributed by atoms with Gasteiger partial charge in [-0.3, -0.25) is 18.2 Å². The average Bonchev–Trinajstić information content (AvgIpc) is 2.77. The van der Waals surface area contributed by atoms with E-state index in [1.165, 1.54) is 14.2 Å². The highest BCUT2D eigenvalue weighted by molar-refractivity contribution is 7.81. The lowest BCUT2D eigenvalue weighted by Gasteiger charge is -2.41. The zero-order valence-electron chi connectivity index (χ0n) is 21.2. The van der Waals surface area contributed by atoms with Gasteiger partial charge in [-0.25, -0.2) is 16.7 Å². The second-order valence-electron chi connectivity index (χ2n) is 8.67. The van der Waals surface area contributed by atoms with Gasteiger partial charge < -0.3 is 23.7 Å². The molecule has 21 nitrogen and oxygen atoms in total. The molecule has 2 fully saturated rings. The number of methoxy groups -OCH3 is 2. The van der Waals surface area contributed by atoms with Crippen molar-refractivity contribution in [1.82, 2.24) is 0 Å². The first kappa shape index (κ1) is 36.5. The molecule has 244 valence electrons. The fourth-order valence-electron chi connectivity index (χ4n) is 4.18. The highest BCUT2D eigenvalue weighted by Crippen LogP contribution is 2.31. The SMILES string of the molecule is COC[C@@H]1CO[C@@H](COC[C@@H]2CO[C@@H](COC)C(OS(=O)(=O)O)[C@@H]2OS(=O)(=O)O)C(OS(=O)(=O)O)[C@@H]1OS(=O)(=O)O. The predicted molar refractivity (Wildman–Crippen MR) is 127 cm³/mol. The molecule has 0 radical (unpaired) electrons. The van der Waals surface area contributed by atoms with Gasteiger partial charge in [-0.2, -0.15) is 33.7 Å².